The van der Waals surface area contributed by atoms with Crippen molar-refractivity contribution in [3.8, 4) is 0 Å². The van der Waals surface area contributed by atoms with E-state index in [4.69, 9.17) is 4.74 Å². The molecule has 0 aromatic heterocycles. The fourth-order valence-corrected chi connectivity index (χ4v) is 2.85. The van der Waals surface area contributed by atoms with Crippen molar-refractivity contribution in [1.29, 1.82) is 0 Å². The largest absolute Gasteiger partial charge is 0.467 e. The molecule has 9 heteroatoms. The van der Waals surface area contributed by atoms with Crippen LogP contribution in [0.4, 0.5) is 0 Å². The van der Waals surface area contributed by atoms with Crippen molar-refractivity contribution in [2.45, 2.75) is 31.8 Å². The highest BCUT2D eigenvalue weighted by Crippen LogP contribution is 2.14. The normalized spacial score (nSPS) is 12.5. The molecule has 1 rings (SSSR count). The topological polar surface area (TPSA) is 111 Å². The quantitative estimate of drug-likeness (QED) is 0.419. The van der Waals surface area contributed by atoms with Crippen molar-refractivity contribution in [2.75, 3.05) is 14.2 Å². The Morgan fingerprint density at radius 2 is 1.58 bits per heavy atom. The van der Waals surface area contributed by atoms with E-state index in [2.05, 4.69) is 38.0 Å². The van der Waals surface area contributed by atoms with E-state index < -0.39 is 35.8 Å². The molecule has 1 aromatic carbocycles. The van der Waals surface area contributed by atoms with Crippen molar-refractivity contribution in [3.63, 3.8) is 0 Å². The van der Waals surface area contributed by atoms with Crippen LogP contribution in [0.25, 0.3) is 0 Å². The Labute approximate surface area is 165 Å². The van der Waals surface area contributed by atoms with E-state index in [-0.39, 0.29) is 12.8 Å². The van der Waals surface area contributed by atoms with Crippen LogP contribution in [0.1, 0.15) is 18.9 Å². The van der Waals surface area contributed by atoms with Gasteiger partial charge in [-0.15, -0.1) is 0 Å². The molecule has 8 nitrogen and oxygen atoms in total. The number of benzene rings is 1. The predicted molar refractivity (Wildman–Crippen MR) is 101 cm³/mol. The number of nitrogens with one attached hydrogen (secondary N) is 2. The summed E-state index contributed by atoms with van der Waals surface area (Å²) in [5, 5.41) is 4.90. The third-order valence-corrected chi connectivity index (χ3v) is 4.51. The molecule has 0 spiro atoms. The summed E-state index contributed by atoms with van der Waals surface area (Å²) in [4.78, 5) is 47.2. The van der Waals surface area contributed by atoms with Crippen molar-refractivity contribution in [3.05, 3.63) is 33.4 Å². The molecule has 0 fully saturated rings. The minimum absolute atomic E-state index is 0.237. The lowest BCUT2D eigenvalue weighted by atomic mass is 10.1. The van der Waals surface area contributed by atoms with E-state index in [1.165, 1.54) is 14.0 Å². The summed E-state index contributed by atoms with van der Waals surface area (Å²) in [7, 11) is 2.38. The van der Waals surface area contributed by atoms with Crippen LogP contribution >= 0.6 is 22.6 Å². The molecule has 2 atom stereocenters. The fourth-order valence-electron chi connectivity index (χ4n) is 2.24. The zero-order chi connectivity index (χ0) is 19.7. The number of hydrogen-bond acceptors (Lipinski definition) is 6. The highest BCUT2D eigenvalue weighted by Gasteiger charge is 2.27. The van der Waals surface area contributed by atoms with Gasteiger partial charge in [0, 0.05) is 16.9 Å². The molecule has 0 saturated carbocycles. The summed E-state index contributed by atoms with van der Waals surface area (Å²) in [5.41, 5.74) is 0.871. The second-order valence-corrected chi connectivity index (χ2v) is 6.58. The maximum Gasteiger partial charge on any atom is 0.328 e. The minimum atomic E-state index is -1.13. The number of rotatable bonds is 8. The van der Waals surface area contributed by atoms with Gasteiger partial charge in [0.05, 0.1) is 20.6 Å². The van der Waals surface area contributed by atoms with Gasteiger partial charge in [-0.1, -0.05) is 18.2 Å². The summed E-state index contributed by atoms with van der Waals surface area (Å²) in [6.07, 6.45) is -0.119. The molecule has 0 unspecified atom stereocenters. The number of hydrogen-bond donors (Lipinski definition) is 2. The number of carbonyl (C=O) groups excluding carboxylic acids is 4. The molecular weight excluding hydrogens is 455 g/mol. The molecular formula is C17H21IN2O6. The fraction of sp³-hybridized carbons (Fsp3) is 0.412. The van der Waals surface area contributed by atoms with E-state index in [0.717, 1.165) is 16.2 Å². The van der Waals surface area contributed by atoms with E-state index in [0.29, 0.717) is 0 Å². The van der Waals surface area contributed by atoms with Crippen molar-refractivity contribution in [1.82, 2.24) is 10.6 Å². The average molecular weight is 476 g/mol. The Bertz CT molecular complexity index is 679. The summed E-state index contributed by atoms with van der Waals surface area (Å²) < 4.78 is 10.3. The molecule has 2 amide bonds. The third-order valence-electron chi connectivity index (χ3n) is 3.46. The van der Waals surface area contributed by atoms with Gasteiger partial charge in [-0.25, -0.2) is 9.59 Å². The van der Waals surface area contributed by atoms with Crippen molar-refractivity contribution >= 4 is 46.3 Å². The lowest BCUT2D eigenvalue weighted by molar-refractivity contribution is -0.147. The Balaban J connectivity index is 2.84. The van der Waals surface area contributed by atoms with Gasteiger partial charge in [0.1, 0.15) is 12.1 Å². The van der Waals surface area contributed by atoms with Gasteiger partial charge in [0.15, 0.2) is 0 Å². The average Bonchev–Trinajstić information content (AvgIpc) is 2.60. The van der Waals surface area contributed by atoms with Gasteiger partial charge in [0.2, 0.25) is 11.8 Å². The number of esters is 2. The molecule has 0 bridgehead atoms. The van der Waals surface area contributed by atoms with Crippen LogP contribution in [0.15, 0.2) is 24.3 Å². The minimum Gasteiger partial charge on any atom is -0.467 e. The summed E-state index contributed by atoms with van der Waals surface area (Å²) in [6, 6.07) is 5.38. The Hall–Kier alpha value is -2.17. The van der Waals surface area contributed by atoms with E-state index in [1.807, 2.05) is 24.3 Å². The van der Waals surface area contributed by atoms with Crippen LogP contribution in [0.5, 0.6) is 0 Å². The predicted octanol–water partition coefficient (Wildman–Crippen LogP) is 0.559. The van der Waals surface area contributed by atoms with Gasteiger partial charge in [-0.05, 0) is 34.2 Å². The van der Waals surface area contributed by atoms with Gasteiger partial charge in [-0.2, -0.15) is 0 Å². The van der Waals surface area contributed by atoms with Crippen LogP contribution in [0.3, 0.4) is 0 Å². The molecule has 2 N–H and O–H groups in total. The second kappa shape index (κ2) is 10.7. The summed E-state index contributed by atoms with van der Waals surface area (Å²) in [5.74, 6) is -2.42. The number of ether oxygens (including phenoxy) is 2. The summed E-state index contributed by atoms with van der Waals surface area (Å²) in [6.45, 7) is 1.22. The van der Waals surface area contributed by atoms with Crippen molar-refractivity contribution in [2.24, 2.45) is 0 Å². The first-order chi connectivity index (χ1) is 12.3. The zero-order valence-electron chi connectivity index (χ0n) is 14.7. The van der Waals surface area contributed by atoms with Crippen molar-refractivity contribution < 1.29 is 28.7 Å². The Morgan fingerprint density at radius 1 is 1.00 bits per heavy atom. The van der Waals surface area contributed by atoms with Gasteiger partial charge >= 0.3 is 11.9 Å². The summed E-state index contributed by atoms with van der Waals surface area (Å²) >= 11 is 2.14. The van der Waals surface area contributed by atoms with E-state index >= 15 is 0 Å². The van der Waals surface area contributed by atoms with E-state index in [9.17, 15) is 19.2 Å². The Kier molecular flexibility index (Phi) is 9.03. The Morgan fingerprint density at radius 3 is 2.12 bits per heavy atom. The molecule has 142 valence electrons. The molecule has 26 heavy (non-hydrogen) atoms. The third kappa shape index (κ3) is 6.98. The maximum absolute atomic E-state index is 12.3. The number of amides is 2. The van der Waals surface area contributed by atoms with Gasteiger partial charge in [-0.3, -0.25) is 9.59 Å². The maximum atomic E-state index is 12.3. The molecule has 0 aliphatic rings. The number of halogens is 1. The lowest BCUT2D eigenvalue weighted by Crippen LogP contribution is -2.48. The van der Waals surface area contributed by atoms with Crippen LogP contribution in [0.2, 0.25) is 0 Å². The first kappa shape index (κ1) is 21.9. The number of methoxy groups -OCH3 is 2. The monoisotopic (exact) mass is 476 g/mol. The van der Waals surface area contributed by atoms with Gasteiger partial charge in [0.25, 0.3) is 0 Å². The lowest BCUT2D eigenvalue weighted by Gasteiger charge is -2.19. The smallest absolute Gasteiger partial charge is 0.328 e. The van der Waals surface area contributed by atoms with Gasteiger partial charge < -0.3 is 20.1 Å². The standard InChI is InChI=1S/C17H21IN2O6/c1-10(21)19-14(17(24)26-3)9-15(22)20-13(16(23)25-2)8-11-6-4-5-7-12(11)18/h4-7,13-14H,8-9H2,1-3H3,(H,19,21)(H,20,22)/t13-,14-/m0/s1. The molecule has 1 aromatic rings. The molecule has 0 aliphatic carbocycles. The molecule has 0 saturated heterocycles. The SMILES string of the molecule is COC(=O)[C@H](CC(=O)N[C@@H](Cc1ccccc1I)C(=O)OC)NC(C)=O. The van der Waals surface area contributed by atoms with Crippen LogP contribution < -0.4 is 10.6 Å². The molecule has 0 heterocycles. The molecule has 0 radical (unpaired) electrons. The first-order valence-corrected chi connectivity index (χ1v) is 8.81. The molecule has 0 aliphatic heterocycles. The van der Waals surface area contributed by atoms with E-state index in [1.54, 1.807) is 0 Å². The van der Waals surface area contributed by atoms with Crippen LogP contribution in [-0.2, 0) is 35.1 Å². The first-order valence-electron chi connectivity index (χ1n) is 7.74. The van der Waals surface area contributed by atoms with Crippen LogP contribution in [-0.4, -0.2) is 50.1 Å². The highest BCUT2D eigenvalue weighted by molar-refractivity contribution is 14.1. The zero-order valence-corrected chi connectivity index (χ0v) is 16.9. The van der Waals surface area contributed by atoms with Crippen LogP contribution in [0, 0.1) is 3.57 Å². The number of carbonyl (C=O) groups is 4. The highest BCUT2D eigenvalue weighted by atomic mass is 127. The second-order valence-electron chi connectivity index (χ2n) is 5.42.